The lowest BCUT2D eigenvalue weighted by Gasteiger charge is -2.54. The molecule has 3 heteroatoms. The van der Waals surface area contributed by atoms with Crippen molar-refractivity contribution in [3.63, 3.8) is 0 Å². The van der Waals surface area contributed by atoms with E-state index in [-0.39, 0.29) is 7.83 Å². The summed E-state index contributed by atoms with van der Waals surface area (Å²) in [7, 11) is -2.00. The fraction of sp³-hybridized carbons (Fsp3) is 0.636. The number of hydrogen-bond acceptors (Lipinski definition) is 0. The molecule has 0 unspecified atom stereocenters. The molecule has 0 aromatic rings. The standard InChI is InChI=1S/C11H23Si3/c1-13(2,3)12(14(4,5)6)11-9-7-8-10-11/h7-11H,1-6H3/q-1. The topological polar surface area (TPSA) is 0 Å². The van der Waals surface area contributed by atoms with E-state index >= 15 is 0 Å². The molecule has 0 atom stereocenters. The van der Waals surface area contributed by atoms with Crippen LogP contribution in [0.4, 0.5) is 0 Å². The molecule has 0 radical (unpaired) electrons. The van der Waals surface area contributed by atoms with Crippen molar-refractivity contribution in [3.05, 3.63) is 24.3 Å². The molecule has 0 aromatic carbocycles. The minimum Gasteiger partial charge on any atom is -0.241 e. The smallest absolute Gasteiger partial charge is 0.0691 e. The Morgan fingerprint density at radius 3 is 1.43 bits per heavy atom. The number of rotatable bonds is 3. The normalized spacial score (nSPS) is 18.5. The predicted molar refractivity (Wildman–Crippen MR) is 74.5 cm³/mol. The summed E-state index contributed by atoms with van der Waals surface area (Å²) in [6.07, 6.45) is 9.39. The third kappa shape index (κ3) is 2.81. The Hall–Kier alpha value is 0.131. The molecule has 14 heavy (non-hydrogen) atoms. The van der Waals surface area contributed by atoms with Gasteiger partial charge in [-0.2, -0.15) is 0 Å². The third-order valence-corrected chi connectivity index (χ3v) is 32.2. The van der Waals surface area contributed by atoms with Crippen LogP contribution in [0, 0.1) is 0 Å². The van der Waals surface area contributed by atoms with Crippen LogP contribution >= 0.6 is 0 Å². The van der Waals surface area contributed by atoms with Gasteiger partial charge in [-0.05, 0) is 0 Å². The molecule has 1 rings (SSSR count). The Morgan fingerprint density at radius 1 is 0.786 bits per heavy atom. The third-order valence-electron chi connectivity index (χ3n) is 2.70. The zero-order chi connectivity index (χ0) is 11.0. The van der Waals surface area contributed by atoms with Gasteiger partial charge in [0.15, 0.2) is 0 Å². The molecule has 0 bridgehead atoms. The zero-order valence-electron chi connectivity index (χ0n) is 10.4. The van der Waals surface area contributed by atoms with Gasteiger partial charge in [0.1, 0.15) is 0 Å². The molecule has 0 N–H and O–H groups in total. The maximum atomic E-state index is 2.57. The lowest BCUT2D eigenvalue weighted by atomic mass is 10.5. The Bertz CT molecular complexity index is 227. The first-order valence-electron chi connectivity index (χ1n) is 5.46. The molecule has 0 heterocycles. The van der Waals surface area contributed by atoms with E-state index in [1.165, 1.54) is 0 Å². The Kier molecular flexibility index (Phi) is 3.44. The molecule has 0 aromatic heterocycles. The fourth-order valence-corrected chi connectivity index (χ4v) is 41.8. The van der Waals surface area contributed by atoms with Gasteiger partial charge in [-0.15, -0.1) is 32.9 Å². The molecule has 0 fully saturated rings. The van der Waals surface area contributed by atoms with Gasteiger partial charge in [0.2, 0.25) is 0 Å². The van der Waals surface area contributed by atoms with Gasteiger partial charge in [-0.1, -0.05) is 51.4 Å². The Labute approximate surface area is 92.3 Å². The van der Waals surface area contributed by atoms with Crippen molar-refractivity contribution in [2.75, 3.05) is 0 Å². The van der Waals surface area contributed by atoms with Crippen molar-refractivity contribution in [2.24, 2.45) is 0 Å². The van der Waals surface area contributed by atoms with E-state index < -0.39 is 15.2 Å². The largest absolute Gasteiger partial charge is 0.241 e. The van der Waals surface area contributed by atoms with Crippen LogP contribution in [0.3, 0.4) is 0 Å². The molecule has 0 aliphatic heterocycles. The van der Waals surface area contributed by atoms with Crippen molar-refractivity contribution in [2.45, 2.75) is 44.8 Å². The van der Waals surface area contributed by atoms with Crippen LogP contribution in [0.2, 0.25) is 44.8 Å². The second kappa shape index (κ2) is 3.95. The first kappa shape index (κ1) is 12.2. The molecular formula is C11H23Si3-. The molecule has 0 saturated carbocycles. The van der Waals surface area contributed by atoms with Crippen molar-refractivity contribution in [1.82, 2.24) is 0 Å². The summed E-state index contributed by atoms with van der Waals surface area (Å²) in [5.74, 6) is 0. The monoisotopic (exact) mass is 239 g/mol. The summed E-state index contributed by atoms with van der Waals surface area (Å²) in [6.45, 7) is 15.4. The summed E-state index contributed by atoms with van der Waals surface area (Å²) >= 11 is 0. The van der Waals surface area contributed by atoms with E-state index in [4.69, 9.17) is 0 Å². The second-order valence-corrected chi connectivity index (χ2v) is 30.4. The van der Waals surface area contributed by atoms with Gasteiger partial charge < -0.3 is 0 Å². The van der Waals surface area contributed by atoms with E-state index in [9.17, 15) is 0 Å². The minimum atomic E-state index is -0.926. The van der Waals surface area contributed by atoms with Gasteiger partial charge in [0.25, 0.3) is 0 Å². The number of hydrogen-bond donors (Lipinski definition) is 0. The highest BCUT2D eigenvalue weighted by Gasteiger charge is 2.28. The highest BCUT2D eigenvalue weighted by atomic mass is 29.6. The van der Waals surface area contributed by atoms with Gasteiger partial charge in [-0.25, -0.2) is 7.83 Å². The highest BCUT2D eigenvalue weighted by Crippen LogP contribution is 2.31. The summed E-state index contributed by atoms with van der Waals surface area (Å²) in [4.78, 5) is 0. The lowest BCUT2D eigenvalue weighted by molar-refractivity contribution is 1.38. The molecule has 0 spiro atoms. The average molecular weight is 240 g/mol. The summed E-state index contributed by atoms with van der Waals surface area (Å²) < 4.78 is 0. The van der Waals surface area contributed by atoms with Gasteiger partial charge in [-0.3, -0.25) is 0 Å². The first-order chi connectivity index (χ1) is 6.23. The second-order valence-electron chi connectivity index (χ2n) is 6.21. The Balaban J connectivity index is 2.94. The van der Waals surface area contributed by atoms with Crippen molar-refractivity contribution in [1.29, 1.82) is 0 Å². The van der Waals surface area contributed by atoms with E-state index in [1.807, 2.05) is 0 Å². The summed E-state index contributed by atoms with van der Waals surface area (Å²) in [5, 5.41) is 0. The molecule has 1 aliphatic rings. The number of allylic oxidation sites excluding steroid dienone is 4. The van der Waals surface area contributed by atoms with Crippen LogP contribution in [0.1, 0.15) is 0 Å². The van der Waals surface area contributed by atoms with Crippen molar-refractivity contribution < 1.29 is 0 Å². The van der Waals surface area contributed by atoms with Crippen LogP contribution < -0.4 is 0 Å². The predicted octanol–water partition coefficient (Wildman–Crippen LogP) is 3.81. The van der Waals surface area contributed by atoms with Gasteiger partial charge in [0, 0.05) is 0 Å². The zero-order valence-corrected chi connectivity index (χ0v) is 13.4. The molecular weight excluding hydrogens is 216 g/mol. The molecule has 0 nitrogen and oxygen atoms in total. The van der Waals surface area contributed by atoms with Crippen LogP contribution in [0.5, 0.6) is 0 Å². The van der Waals surface area contributed by atoms with E-state index in [0.29, 0.717) is 0 Å². The van der Waals surface area contributed by atoms with E-state index in [2.05, 4.69) is 63.6 Å². The van der Waals surface area contributed by atoms with E-state index in [1.54, 1.807) is 0 Å². The lowest BCUT2D eigenvalue weighted by Crippen LogP contribution is -2.60. The Morgan fingerprint density at radius 2 is 1.14 bits per heavy atom. The molecule has 0 amide bonds. The average Bonchev–Trinajstić information content (AvgIpc) is 2.31. The van der Waals surface area contributed by atoms with Crippen LogP contribution in [0.25, 0.3) is 0 Å². The summed E-state index contributed by atoms with van der Waals surface area (Å²) in [5.41, 5.74) is 0.846. The maximum absolute atomic E-state index is 2.57. The maximum Gasteiger partial charge on any atom is -0.0691 e. The van der Waals surface area contributed by atoms with Gasteiger partial charge in [0.05, 0.1) is 0 Å². The molecule has 1 aliphatic carbocycles. The van der Waals surface area contributed by atoms with Gasteiger partial charge >= 0.3 is 0 Å². The quantitative estimate of drug-likeness (QED) is 0.657. The van der Waals surface area contributed by atoms with E-state index in [0.717, 1.165) is 5.54 Å². The summed E-state index contributed by atoms with van der Waals surface area (Å²) in [6, 6.07) is 0. The minimum absolute atomic E-state index is 0.149. The van der Waals surface area contributed by atoms with Crippen LogP contribution in [-0.4, -0.2) is 23.0 Å². The fourth-order valence-electron chi connectivity index (χ4n) is 2.75. The SMILES string of the molecule is C[Si](C)(C)[Si-](C1C=CC=C1)[Si](C)(C)C. The van der Waals surface area contributed by atoms with Crippen LogP contribution in [0.15, 0.2) is 24.3 Å². The molecule has 80 valence electrons. The van der Waals surface area contributed by atoms with Crippen molar-refractivity contribution in [3.8, 4) is 0 Å². The molecule has 0 saturated heterocycles. The highest BCUT2D eigenvalue weighted by molar-refractivity contribution is 7.60. The first-order valence-corrected chi connectivity index (χ1v) is 16.0. The van der Waals surface area contributed by atoms with Crippen LogP contribution in [-0.2, 0) is 0 Å². The van der Waals surface area contributed by atoms with Crippen molar-refractivity contribution >= 4 is 23.0 Å².